The summed E-state index contributed by atoms with van der Waals surface area (Å²) in [5.41, 5.74) is 8.18. The number of rotatable bonds is 10. The number of nitrogens with zero attached hydrogens (tertiary/aromatic N) is 3. The minimum absolute atomic E-state index is 0.0143. The molecular formula is C24H25Cl2N5O4S. The quantitative estimate of drug-likeness (QED) is 0.352. The summed E-state index contributed by atoms with van der Waals surface area (Å²) < 4.78 is 36.4. The first-order valence-corrected chi connectivity index (χ1v) is 13.5. The van der Waals surface area contributed by atoms with Crippen LogP contribution in [0.1, 0.15) is 36.2 Å². The van der Waals surface area contributed by atoms with Gasteiger partial charge in [-0.2, -0.15) is 5.26 Å². The van der Waals surface area contributed by atoms with E-state index in [1.165, 1.54) is 6.20 Å². The molecule has 0 aliphatic carbocycles. The summed E-state index contributed by atoms with van der Waals surface area (Å²) in [6, 6.07) is 13.1. The second kappa shape index (κ2) is 11.2. The van der Waals surface area contributed by atoms with Crippen molar-refractivity contribution in [3.63, 3.8) is 0 Å². The van der Waals surface area contributed by atoms with Crippen molar-refractivity contribution in [1.29, 1.82) is 5.26 Å². The lowest BCUT2D eigenvalue weighted by molar-refractivity contribution is 0.302. The predicted molar refractivity (Wildman–Crippen MR) is 140 cm³/mol. The summed E-state index contributed by atoms with van der Waals surface area (Å²) in [5, 5.41) is 9.94. The Morgan fingerprint density at radius 2 is 1.86 bits per heavy atom. The van der Waals surface area contributed by atoms with Gasteiger partial charge in [-0.15, -0.1) is 11.6 Å². The number of alkyl halides is 1. The molecular weight excluding hydrogens is 525 g/mol. The monoisotopic (exact) mass is 549 g/mol. The van der Waals surface area contributed by atoms with E-state index < -0.39 is 15.4 Å². The molecule has 1 heterocycles. The van der Waals surface area contributed by atoms with Gasteiger partial charge in [0.1, 0.15) is 30.7 Å². The molecule has 3 aromatic rings. The van der Waals surface area contributed by atoms with Gasteiger partial charge in [-0.25, -0.2) is 18.4 Å². The van der Waals surface area contributed by atoms with E-state index in [1.54, 1.807) is 24.3 Å². The largest absolute Gasteiger partial charge is 0.489 e. The normalized spacial score (nSPS) is 11.6. The lowest BCUT2D eigenvalue weighted by atomic mass is 9.77. The summed E-state index contributed by atoms with van der Waals surface area (Å²) in [5.74, 6) is 1.08. The summed E-state index contributed by atoms with van der Waals surface area (Å²) >= 11 is 12.1. The van der Waals surface area contributed by atoms with E-state index in [0.717, 1.165) is 17.4 Å². The third-order valence-corrected chi connectivity index (χ3v) is 6.33. The Hall–Kier alpha value is -3.26. The molecule has 0 bridgehead atoms. The number of benzene rings is 2. The number of hydrogen-bond donors (Lipinski definition) is 2. The minimum Gasteiger partial charge on any atom is -0.489 e. The van der Waals surface area contributed by atoms with Crippen molar-refractivity contribution in [3.8, 4) is 17.6 Å². The third kappa shape index (κ3) is 6.69. The van der Waals surface area contributed by atoms with E-state index in [-0.39, 0.29) is 30.7 Å². The molecule has 0 unspecified atom stereocenters. The molecule has 12 heteroatoms. The topological polar surface area (TPSA) is 140 Å². The molecule has 1 aromatic heterocycles. The van der Waals surface area contributed by atoms with E-state index in [9.17, 15) is 13.7 Å². The van der Waals surface area contributed by atoms with Crippen molar-refractivity contribution < 1.29 is 17.9 Å². The first-order valence-electron chi connectivity index (χ1n) is 10.7. The molecule has 0 aliphatic rings. The molecule has 0 spiro atoms. The molecule has 0 amide bonds. The highest BCUT2D eigenvalue weighted by Crippen LogP contribution is 2.38. The van der Waals surface area contributed by atoms with Crippen molar-refractivity contribution in [2.24, 2.45) is 0 Å². The standard InChI is InChI=1S/C24H25Cl2N5O4S/c1-24(2,17-10-15(12-27)22(19(26)11-17)34-9-8-25)16-4-6-18(7-5-16)35-14-21-20(28)13-29-23(30-21)31-36(3,32)33/h4-7,10-11,13H,8-9,14,28H2,1-3H3,(H,29,30,31). The Morgan fingerprint density at radius 3 is 2.47 bits per heavy atom. The summed E-state index contributed by atoms with van der Waals surface area (Å²) in [6.07, 6.45) is 2.32. The molecule has 0 radical (unpaired) electrons. The van der Waals surface area contributed by atoms with E-state index in [0.29, 0.717) is 27.8 Å². The van der Waals surface area contributed by atoms with Crippen molar-refractivity contribution in [3.05, 3.63) is 70.0 Å². The van der Waals surface area contributed by atoms with Gasteiger partial charge in [0.05, 0.1) is 34.6 Å². The Morgan fingerprint density at radius 1 is 1.17 bits per heavy atom. The van der Waals surface area contributed by atoms with Crippen molar-refractivity contribution in [1.82, 2.24) is 9.97 Å². The number of nitrogen functional groups attached to an aromatic ring is 1. The van der Waals surface area contributed by atoms with Crippen molar-refractivity contribution in [2.75, 3.05) is 29.2 Å². The van der Waals surface area contributed by atoms with E-state index in [1.807, 2.05) is 26.0 Å². The average Bonchev–Trinajstić information content (AvgIpc) is 2.82. The fourth-order valence-electron chi connectivity index (χ4n) is 3.37. The SMILES string of the molecule is CC(C)(c1ccc(OCc2nc(NS(C)(=O)=O)ncc2N)cc1)c1cc(Cl)c(OCCCl)c(C#N)c1. The van der Waals surface area contributed by atoms with Gasteiger partial charge < -0.3 is 15.2 Å². The zero-order valence-electron chi connectivity index (χ0n) is 19.9. The van der Waals surface area contributed by atoms with Crippen molar-refractivity contribution >= 4 is 44.9 Å². The smallest absolute Gasteiger partial charge is 0.236 e. The third-order valence-electron chi connectivity index (χ3n) is 5.34. The Labute approximate surface area is 220 Å². The van der Waals surface area contributed by atoms with E-state index >= 15 is 0 Å². The molecule has 3 rings (SSSR count). The molecule has 3 N–H and O–H groups in total. The maximum Gasteiger partial charge on any atom is 0.236 e. The zero-order chi connectivity index (χ0) is 26.5. The first-order chi connectivity index (χ1) is 16.9. The van der Waals surface area contributed by atoms with Crippen LogP contribution < -0.4 is 19.9 Å². The minimum atomic E-state index is -3.52. The summed E-state index contributed by atoms with van der Waals surface area (Å²) in [7, 11) is -3.52. The predicted octanol–water partition coefficient (Wildman–Crippen LogP) is 4.48. The molecule has 0 atom stereocenters. The molecule has 0 aliphatic heterocycles. The fourth-order valence-corrected chi connectivity index (χ4v) is 4.15. The van der Waals surface area contributed by atoms with Crippen molar-refractivity contribution in [2.45, 2.75) is 25.9 Å². The van der Waals surface area contributed by atoms with Gasteiger partial charge in [0.25, 0.3) is 0 Å². The van der Waals surface area contributed by atoms with Gasteiger partial charge >= 0.3 is 0 Å². The first kappa shape index (κ1) is 27.3. The molecule has 0 saturated carbocycles. The van der Waals surface area contributed by atoms with Crippen LogP contribution in [0.3, 0.4) is 0 Å². The van der Waals surface area contributed by atoms with Crippen LogP contribution in [0.15, 0.2) is 42.6 Å². The van der Waals surface area contributed by atoms with Gasteiger partial charge in [0.2, 0.25) is 16.0 Å². The van der Waals surface area contributed by atoms with Gasteiger partial charge in [0.15, 0.2) is 5.75 Å². The van der Waals surface area contributed by atoms with Crippen LogP contribution in [0.4, 0.5) is 11.6 Å². The van der Waals surface area contributed by atoms with E-state index in [4.69, 9.17) is 38.4 Å². The van der Waals surface area contributed by atoms with Crippen LogP contribution in [0.25, 0.3) is 0 Å². The number of halogens is 2. The Balaban J connectivity index is 1.78. The van der Waals surface area contributed by atoms with Crippen LogP contribution in [-0.2, 0) is 22.0 Å². The zero-order valence-corrected chi connectivity index (χ0v) is 22.2. The summed E-state index contributed by atoms with van der Waals surface area (Å²) in [4.78, 5) is 7.97. The number of nitrogens with two attached hydrogens (primary N) is 1. The second-order valence-corrected chi connectivity index (χ2v) is 10.9. The number of ether oxygens (including phenoxy) is 2. The number of aromatic nitrogens is 2. The average molecular weight is 550 g/mol. The van der Waals surface area contributed by atoms with Gasteiger partial charge in [-0.1, -0.05) is 37.6 Å². The van der Waals surface area contributed by atoms with Gasteiger partial charge in [-0.3, -0.25) is 4.72 Å². The van der Waals surface area contributed by atoms with E-state index in [2.05, 4.69) is 20.8 Å². The lowest BCUT2D eigenvalue weighted by Gasteiger charge is -2.27. The Bertz CT molecular complexity index is 1390. The number of nitrogens with one attached hydrogen (secondary N) is 1. The molecule has 0 fully saturated rings. The van der Waals surface area contributed by atoms with Crippen LogP contribution in [-0.4, -0.2) is 37.1 Å². The summed E-state index contributed by atoms with van der Waals surface area (Å²) in [6.45, 7) is 4.30. The molecule has 190 valence electrons. The Kier molecular flexibility index (Phi) is 8.51. The van der Waals surface area contributed by atoms with Crippen LogP contribution in [0, 0.1) is 11.3 Å². The van der Waals surface area contributed by atoms with Gasteiger partial charge in [0, 0.05) is 5.41 Å². The molecule has 2 aromatic carbocycles. The molecule has 0 saturated heterocycles. The lowest BCUT2D eigenvalue weighted by Crippen LogP contribution is -2.19. The van der Waals surface area contributed by atoms with Gasteiger partial charge in [-0.05, 0) is 35.4 Å². The number of sulfonamides is 1. The highest BCUT2D eigenvalue weighted by Gasteiger charge is 2.26. The number of nitriles is 1. The second-order valence-electron chi connectivity index (χ2n) is 8.39. The number of hydrogen-bond acceptors (Lipinski definition) is 8. The number of anilines is 2. The maximum atomic E-state index is 11.4. The van der Waals surface area contributed by atoms with Crippen LogP contribution in [0.5, 0.6) is 11.5 Å². The highest BCUT2D eigenvalue weighted by atomic mass is 35.5. The van der Waals surface area contributed by atoms with Crippen LogP contribution in [0.2, 0.25) is 5.02 Å². The molecule has 9 nitrogen and oxygen atoms in total. The molecule has 36 heavy (non-hydrogen) atoms. The van der Waals surface area contributed by atoms with Crippen LogP contribution >= 0.6 is 23.2 Å². The fraction of sp³-hybridized carbons (Fsp3) is 0.292. The highest BCUT2D eigenvalue weighted by molar-refractivity contribution is 7.91. The maximum absolute atomic E-state index is 11.4.